The zero-order valence-electron chi connectivity index (χ0n) is 12.0. The second-order valence-corrected chi connectivity index (χ2v) is 5.68. The van der Waals surface area contributed by atoms with Crippen molar-refractivity contribution in [1.82, 2.24) is 4.90 Å². The van der Waals surface area contributed by atoms with Crippen LogP contribution >= 0.6 is 0 Å². The fraction of sp³-hybridized carbons (Fsp3) is 0.562. The number of nitrogens with zero attached hydrogens (tertiary/aromatic N) is 1. The highest BCUT2D eigenvalue weighted by molar-refractivity contribution is 5.79. The molecule has 1 atom stereocenters. The Morgan fingerprint density at radius 1 is 1.42 bits per heavy atom. The lowest BCUT2D eigenvalue weighted by Crippen LogP contribution is -2.30. The highest BCUT2D eigenvalue weighted by atomic mass is 16.2. The SMILES string of the molecule is Cc1ccc(C)c(CC(=O)N2CCC(CCN)C2)c1. The van der Waals surface area contributed by atoms with Gasteiger partial charge in [-0.3, -0.25) is 4.79 Å². The van der Waals surface area contributed by atoms with Gasteiger partial charge in [0.05, 0.1) is 6.42 Å². The number of carbonyl (C=O) groups is 1. The van der Waals surface area contributed by atoms with Crippen LogP contribution < -0.4 is 5.73 Å². The van der Waals surface area contributed by atoms with Crippen molar-refractivity contribution in [3.63, 3.8) is 0 Å². The second kappa shape index (κ2) is 6.20. The Morgan fingerprint density at radius 3 is 2.95 bits per heavy atom. The van der Waals surface area contributed by atoms with Gasteiger partial charge in [0.1, 0.15) is 0 Å². The summed E-state index contributed by atoms with van der Waals surface area (Å²) in [4.78, 5) is 14.3. The van der Waals surface area contributed by atoms with Gasteiger partial charge in [-0.1, -0.05) is 23.8 Å². The first-order valence-electron chi connectivity index (χ1n) is 7.14. The number of benzene rings is 1. The predicted octanol–water partition coefficient (Wildman–Crippen LogP) is 2.04. The summed E-state index contributed by atoms with van der Waals surface area (Å²) in [5, 5.41) is 0. The molecule has 1 heterocycles. The van der Waals surface area contributed by atoms with E-state index < -0.39 is 0 Å². The molecule has 2 N–H and O–H groups in total. The molecule has 1 amide bonds. The lowest BCUT2D eigenvalue weighted by Gasteiger charge is -2.17. The van der Waals surface area contributed by atoms with Crippen molar-refractivity contribution in [3.05, 3.63) is 34.9 Å². The maximum Gasteiger partial charge on any atom is 0.227 e. The number of likely N-dealkylation sites (tertiary alicyclic amines) is 1. The molecular weight excluding hydrogens is 236 g/mol. The zero-order valence-corrected chi connectivity index (χ0v) is 12.0. The molecule has 0 aliphatic carbocycles. The highest BCUT2D eigenvalue weighted by Gasteiger charge is 2.25. The quantitative estimate of drug-likeness (QED) is 0.900. The number of hydrogen-bond acceptors (Lipinski definition) is 2. The monoisotopic (exact) mass is 260 g/mol. The minimum absolute atomic E-state index is 0.258. The Balaban J connectivity index is 1.96. The summed E-state index contributed by atoms with van der Waals surface area (Å²) in [6.07, 6.45) is 2.67. The molecule has 1 saturated heterocycles. The van der Waals surface area contributed by atoms with E-state index in [2.05, 4.69) is 32.0 Å². The molecule has 0 bridgehead atoms. The lowest BCUT2D eigenvalue weighted by atomic mass is 10.0. The summed E-state index contributed by atoms with van der Waals surface area (Å²) in [7, 11) is 0. The minimum atomic E-state index is 0.258. The summed E-state index contributed by atoms with van der Waals surface area (Å²) in [6.45, 7) is 6.66. The van der Waals surface area contributed by atoms with E-state index in [0.717, 1.165) is 38.0 Å². The molecule has 1 aliphatic rings. The fourth-order valence-electron chi connectivity index (χ4n) is 2.80. The molecule has 0 saturated carbocycles. The van der Waals surface area contributed by atoms with Crippen molar-refractivity contribution < 1.29 is 4.79 Å². The van der Waals surface area contributed by atoms with Crippen molar-refractivity contribution in [3.8, 4) is 0 Å². The van der Waals surface area contributed by atoms with Crippen LogP contribution in [0.3, 0.4) is 0 Å². The second-order valence-electron chi connectivity index (χ2n) is 5.68. The average molecular weight is 260 g/mol. The van der Waals surface area contributed by atoms with Crippen LogP contribution in [0.1, 0.15) is 29.5 Å². The molecule has 2 rings (SSSR count). The molecule has 0 radical (unpaired) electrons. The van der Waals surface area contributed by atoms with Gasteiger partial charge in [-0.2, -0.15) is 0 Å². The van der Waals surface area contributed by atoms with Gasteiger partial charge in [0.2, 0.25) is 5.91 Å². The van der Waals surface area contributed by atoms with Gasteiger partial charge in [-0.05, 0) is 50.3 Å². The molecule has 1 unspecified atom stereocenters. The van der Waals surface area contributed by atoms with E-state index in [1.807, 2.05) is 4.90 Å². The Kier molecular flexibility index (Phi) is 4.59. The molecule has 1 fully saturated rings. The summed E-state index contributed by atoms with van der Waals surface area (Å²) in [5.41, 5.74) is 9.17. The molecule has 19 heavy (non-hydrogen) atoms. The molecule has 3 nitrogen and oxygen atoms in total. The molecule has 0 spiro atoms. The van der Waals surface area contributed by atoms with Crippen LogP contribution in [0.25, 0.3) is 0 Å². The number of aryl methyl sites for hydroxylation is 2. The van der Waals surface area contributed by atoms with Crippen LogP contribution in [0.5, 0.6) is 0 Å². The molecule has 1 aromatic carbocycles. The minimum Gasteiger partial charge on any atom is -0.342 e. The first kappa shape index (κ1) is 14.1. The Hall–Kier alpha value is -1.35. The number of nitrogens with two attached hydrogens (primary N) is 1. The van der Waals surface area contributed by atoms with E-state index in [1.165, 1.54) is 11.1 Å². The number of rotatable bonds is 4. The topological polar surface area (TPSA) is 46.3 Å². The Morgan fingerprint density at radius 2 is 2.21 bits per heavy atom. The van der Waals surface area contributed by atoms with Gasteiger partial charge in [-0.25, -0.2) is 0 Å². The number of amides is 1. The Bertz CT molecular complexity index is 456. The van der Waals surface area contributed by atoms with Crippen molar-refractivity contribution in [2.24, 2.45) is 11.7 Å². The zero-order chi connectivity index (χ0) is 13.8. The van der Waals surface area contributed by atoms with Gasteiger partial charge < -0.3 is 10.6 Å². The van der Waals surface area contributed by atoms with Crippen molar-refractivity contribution in [1.29, 1.82) is 0 Å². The van der Waals surface area contributed by atoms with Crippen LogP contribution in [-0.2, 0) is 11.2 Å². The molecule has 0 aromatic heterocycles. The normalized spacial score (nSPS) is 18.9. The van der Waals surface area contributed by atoms with Crippen LogP contribution in [-0.4, -0.2) is 30.4 Å². The first-order chi connectivity index (χ1) is 9.10. The third-order valence-corrected chi connectivity index (χ3v) is 4.06. The van der Waals surface area contributed by atoms with Crippen molar-refractivity contribution in [2.75, 3.05) is 19.6 Å². The number of hydrogen-bond donors (Lipinski definition) is 1. The van der Waals surface area contributed by atoms with Crippen molar-refractivity contribution in [2.45, 2.75) is 33.1 Å². The molecule has 104 valence electrons. The number of carbonyl (C=O) groups excluding carboxylic acids is 1. The molecular formula is C16H24N2O. The molecule has 3 heteroatoms. The van der Waals surface area contributed by atoms with Crippen LogP contribution in [0, 0.1) is 19.8 Å². The van der Waals surface area contributed by atoms with Gasteiger partial charge in [0, 0.05) is 13.1 Å². The van der Waals surface area contributed by atoms with E-state index in [4.69, 9.17) is 5.73 Å². The van der Waals surface area contributed by atoms with E-state index in [9.17, 15) is 4.79 Å². The maximum absolute atomic E-state index is 12.3. The fourth-order valence-corrected chi connectivity index (χ4v) is 2.80. The predicted molar refractivity (Wildman–Crippen MR) is 78.0 cm³/mol. The van der Waals surface area contributed by atoms with E-state index >= 15 is 0 Å². The maximum atomic E-state index is 12.3. The van der Waals surface area contributed by atoms with Gasteiger partial charge >= 0.3 is 0 Å². The Labute approximate surface area is 115 Å². The summed E-state index contributed by atoms with van der Waals surface area (Å²) in [6, 6.07) is 6.32. The first-order valence-corrected chi connectivity index (χ1v) is 7.14. The summed E-state index contributed by atoms with van der Waals surface area (Å²) < 4.78 is 0. The molecule has 1 aliphatic heterocycles. The van der Waals surface area contributed by atoms with Crippen LogP contribution in [0.2, 0.25) is 0 Å². The van der Waals surface area contributed by atoms with E-state index in [1.54, 1.807) is 0 Å². The van der Waals surface area contributed by atoms with E-state index in [-0.39, 0.29) is 5.91 Å². The average Bonchev–Trinajstić information content (AvgIpc) is 2.83. The lowest BCUT2D eigenvalue weighted by molar-refractivity contribution is -0.129. The third kappa shape index (κ3) is 3.57. The largest absolute Gasteiger partial charge is 0.342 e. The smallest absolute Gasteiger partial charge is 0.227 e. The van der Waals surface area contributed by atoms with Gasteiger partial charge in [0.25, 0.3) is 0 Å². The summed E-state index contributed by atoms with van der Waals surface area (Å²) >= 11 is 0. The molecule has 1 aromatic rings. The van der Waals surface area contributed by atoms with Gasteiger partial charge in [0.15, 0.2) is 0 Å². The third-order valence-electron chi connectivity index (χ3n) is 4.06. The van der Waals surface area contributed by atoms with E-state index in [0.29, 0.717) is 12.3 Å². The van der Waals surface area contributed by atoms with Crippen LogP contribution in [0.4, 0.5) is 0 Å². The summed E-state index contributed by atoms with van der Waals surface area (Å²) in [5.74, 6) is 0.862. The standard InChI is InChI=1S/C16H24N2O/c1-12-3-4-13(2)15(9-12)10-16(19)18-8-6-14(11-18)5-7-17/h3-4,9,14H,5-8,10-11,17H2,1-2H3. The van der Waals surface area contributed by atoms with Crippen LogP contribution in [0.15, 0.2) is 18.2 Å². The van der Waals surface area contributed by atoms with Gasteiger partial charge in [-0.15, -0.1) is 0 Å². The van der Waals surface area contributed by atoms with Crippen molar-refractivity contribution >= 4 is 5.91 Å². The highest BCUT2D eigenvalue weighted by Crippen LogP contribution is 2.20.